The van der Waals surface area contributed by atoms with Crippen LogP contribution in [0.5, 0.6) is 0 Å². The fourth-order valence-corrected chi connectivity index (χ4v) is 2.40. The Morgan fingerprint density at radius 2 is 2.45 bits per heavy atom. The first kappa shape index (κ1) is 14.9. The van der Waals surface area contributed by atoms with Gasteiger partial charge in [0.2, 0.25) is 5.91 Å². The predicted molar refractivity (Wildman–Crippen MR) is 77.3 cm³/mol. The molecule has 110 valence electrons. The van der Waals surface area contributed by atoms with Crippen LogP contribution in [0, 0.1) is 0 Å². The minimum Gasteiger partial charge on any atom is -0.378 e. The third kappa shape index (κ3) is 4.02. The van der Waals surface area contributed by atoms with Crippen LogP contribution < -0.4 is 5.32 Å². The second kappa shape index (κ2) is 7.36. The van der Waals surface area contributed by atoms with Gasteiger partial charge in [-0.2, -0.15) is 0 Å². The van der Waals surface area contributed by atoms with Crippen LogP contribution in [-0.2, 0) is 9.53 Å². The Bertz CT molecular complexity index is 422. The molecule has 2 heterocycles. The van der Waals surface area contributed by atoms with Crippen molar-refractivity contribution in [3.05, 3.63) is 30.1 Å². The van der Waals surface area contributed by atoms with Crippen LogP contribution in [0.2, 0.25) is 0 Å². The number of rotatable bonds is 5. The van der Waals surface area contributed by atoms with E-state index < -0.39 is 0 Å². The van der Waals surface area contributed by atoms with Crippen molar-refractivity contribution in [2.45, 2.75) is 32.4 Å². The molecule has 1 aromatic heterocycles. The Morgan fingerprint density at radius 3 is 3.15 bits per heavy atom. The van der Waals surface area contributed by atoms with E-state index in [1.807, 2.05) is 37.1 Å². The average molecular weight is 277 g/mol. The van der Waals surface area contributed by atoms with Gasteiger partial charge in [-0.3, -0.25) is 9.78 Å². The van der Waals surface area contributed by atoms with Crippen molar-refractivity contribution in [3.63, 3.8) is 0 Å². The van der Waals surface area contributed by atoms with E-state index in [-0.39, 0.29) is 18.1 Å². The molecule has 1 aliphatic rings. The molecular weight excluding hydrogens is 254 g/mol. The molecule has 1 fully saturated rings. The number of carbonyl (C=O) groups is 1. The lowest BCUT2D eigenvalue weighted by molar-refractivity contribution is -0.136. The molecule has 0 spiro atoms. The molecule has 2 rings (SSSR count). The molecule has 0 saturated carbocycles. The van der Waals surface area contributed by atoms with Gasteiger partial charge < -0.3 is 15.0 Å². The van der Waals surface area contributed by atoms with E-state index in [4.69, 9.17) is 4.74 Å². The summed E-state index contributed by atoms with van der Waals surface area (Å²) in [5.74, 6) is 0.154. The number of amides is 1. The molecule has 1 N–H and O–H groups in total. The summed E-state index contributed by atoms with van der Waals surface area (Å²) in [6.07, 6.45) is 4.19. The molecule has 1 saturated heterocycles. The van der Waals surface area contributed by atoms with Crippen LogP contribution in [-0.4, -0.2) is 48.1 Å². The minimum absolute atomic E-state index is 0.0731. The van der Waals surface area contributed by atoms with Gasteiger partial charge in [0.05, 0.1) is 25.2 Å². The van der Waals surface area contributed by atoms with E-state index >= 15 is 0 Å². The quantitative estimate of drug-likeness (QED) is 0.883. The van der Waals surface area contributed by atoms with Gasteiger partial charge in [-0.1, -0.05) is 6.07 Å². The maximum Gasteiger partial charge on any atom is 0.225 e. The van der Waals surface area contributed by atoms with E-state index in [1.54, 1.807) is 6.20 Å². The van der Waals surface area contributed by atoms with Crippen molar-refractivity contribution in [1.29, 1.82) is 0 Å². The Morgan fingerprint density at radius 1 is 1.60 bits per heavy atom. The summed E-state index contributed by atoms with van der Waals surface area (Å²) in [7, 11) is 0. The number of hydrogen-bond donors (Lipinski definition) is 1. The molecular formula is C15H23N3O2. The third-order valence-electron chi connectivity index (χ3n) is 3.40. The molecule has 1 unspecified atom stereocenters. The number of nitrogens with zero attached hydrogens (tertiary/aromatic N) is 2. The van der Waals surface area contributed by atoms with Gasteiger partial charge in [-0.25, -0.2) is 0 Å². The van der Waals surface area contributed by atoms with Crippen LogP contribution in [0.3, 0.4) is 0 Å². The lowest BCUT2D eigenvalue weighted by Gasteiger charge is -2.36. The van der Waals surface area contributed by atoms with Crippen LogP contribution in [0.25, 0.3) is 0 Å². The summed E-state index contributed by atoms with van der Waals surface area (Å²) < 4.78 is 5.47. The second-order valence-corrected chi connectivity index (χ2v) is 5.26. The van der Waals surface area contributed by atoms with Crippen molar-refractivity contribution in [1.82, 2.24) is 15.2 Å². The monoisotopic (exact) mass is 277 g/mol. The summed E-state index contributed by atoms with van der Waals surface area (Å²) in [4.78, 5) is 18.5. The molecule has 0 bridgehead atoms. The second-order valence-electron chi connectivity index (χ2n) is 5.26. The number of pyridine rings is 1. The zero-order valence-corrected chi connectivity index (χ0v) is 12.2. The highest BCUT2D eigenvalue weighted by molar-refractivity contribution is 5.77. The number of piperazine rings is 1. The molecule has 1 aliphatic heterocycles. The normalized spacial score (nSPS) is 19.4. The van der Waals surface area contributed by atoms with Gasteiger partial charge in [0, 0.05) is 32.0 Å². The first-order valence-electron chi connectivity index (χ1n) is 7.20. The Labute approximate surface area is 120 Å². The lowest BCUT2D eigenvalue weighted by atomic mass is 10.0. The number of nitrogens with one attached hydrogen (secondary N) is 1. The maximum absolute atomic E-state index is 12.4. The fourth-order valence-electron chi connectivity index (χ4n) is 2.40. The molecule has 0 radical (unpaired) electrons. The molecule has 1 amide bonds. The smallest absolute Gasteiger partial charge is 0.225 e. The number of carbonyl (C=O) groups excluding carboxylic acids is 1. The van der Waals surface area contributed by atoms with Crippen molar-refractivity contribution >= 4 is 5.91 Å². The average Bonchev–Trinajstić information content (AvgIpc) is 2.47. The summed E-state index contributed by atoms with van der Waals surface area (Å²) in [5.41, 5.74) is 1.08. The third-order valence-corrected chi connectivity index (χ3v) is 3.40. The molecule has 1 atom stereocenters. The molecule has 0 aliphatic carbocycles. The van der Waals surface area contributed by atoms with Crippen LogP contribution >= 0.6 is 0 Å². The minimum atomic E-state index is 0.0731. The zero-order chi connectivity index (χ0) is 14.4. The highest BCUT2D eigenvalue weighted by atomic mass is 16.5. The Hall–Kier alpha value is -1.46. The van der Waals surface area contributed by atoms with Crippen LogP contribution in [0.1, 0.15) is 31.9 Å². The van der Waals surface area contributed by atoms with E-state index in [0.717, 1.165) is 25.2 Å². The fraction of sp³-hybridized carbons (Fsp3) is 0.600. The van der Waals surface area contributed by atoms with Gasteiger partial charge in [0.25, 0.3) is 0 Å². The number of aromatic nitrogens is 1. The van der Waals surface area contributed by atoms with E-state index in [1.165, 1.54) is 0 Å². The summed E-state index contributed by atoms with van der Waals surface area (Å²) in [5, 5.41) is 3.34. The lowest BCUT2D eigenvalue weighted by Crippen LogP contribution is -2.48. The van der Waals surface area contributed by atoms with Crippen molar-refractivity contribution < 1.29 is 9.53 Å². The summed E-state index contributed by atoms with van der Waals surface area (Å²) in [6, 6.07) is 4.01. The van der Waals surface area contributed by atoms with Crippen molar-refractivity contribution in [2.75, 3.05) is 26.2 Å². The number of hydrogen-bond acceptors (Lipinski definition) is 4. The van der Waals surface area contributed by atoms with Gasteiger partial charge in [-0.05, 0) is 25.5 Å². The molecule has 1 aromatic rings. The molecule has 5 nitrogen and oxygen atoms in total. The SMILES string of the molecule is CC(C)OCCC(=O)N1CCNCC1c1cccnc1. The molecule has 5 heteroatoms. The first-order chi connectivity index (χ1) is 9.68. The maximum atomic E-state index is 12.4. The highest BCUT2D eigenvalue weighted by Crippen LogP contribution is 2.22. The van der Waals surface area contributed by atoms with Gasteiger partial charge in [0.15, 0.2) is 0 Å². The molecule has 0 aromatic carbocycles. The standard InChI is InChI=1S/C15H23N3O2/c1-12(2)20-9-5-15(19)18-8-7-17-11-14(18)13-4-3-6-16-10-13/h3-4,6,10,12,14,17H,5,7-9,11H2,1-2H3. The Balaban J connectivity index is 1.98. The van der Waals surface area contributed by atoms with E-state index in [0.29, 0.717) is 13.0 Å². The highest BCUT2D eigenvalue weighted by Gasteiger charge is 2.27. The van der Waals surface area contributed by atoms with Crippen LogP contribution in [0.15, 0.2) is 24.5 Å². The predicted octanol–water partition coefficient (Wildman–Crippen LogP) is 1.37. The van der Waals surface area contributed by atoms with Crippen LogP contribution in [0.4, 0.5) is 0 Å². The van der Waals surface area contributed by atoms with E-state index in [9.17, 15) is 4.79 Å². The van der Waals surface area contributed by atoms with Gasteiger partial charge >= 0.3 is 0 Å². The molecule has 20 heavy (non-hydrogen) atoms. The summed E-state index contributed by atoms with van der Waals surface area (Å²) >= 11 is 0. The largest absolute Gasteiger partial charge is 0.378 e. The van der Waals surface area contributed by atoms with E-state index in [2.05, 4.69) is 10.3 Å². The Kier molecular flexibility index (Phi) is 5.49. The topological polar surface area (TPSA) is 54.5 Å². The van der Waals surface area contributed by atoms with Crippen molar-refractivity contribution in [2.24, 2.45) is 0 Å². The van der Waals surface area contributed by atoms with Gasteiger partial charge in [-0.15, -0.1) is 0 Å². The number of ether oxygens (including phenoxy) is 1. The summed E-state index contributed by atoms with van der Waals surface area (Å²) in [6.45, 7) is 6.80. The first-order valence-corrected chi connectivity index (χ1v) is 7.20. The van der Waals surface area contributed by atoms with Crippen molar-refractivity contribution in [3.8, 4) is 0 Å². The van der Waals surface area contributed by atoms with Gasteiger partial charge in [0.1, 0.15) is 0 Å². The zero-order valence-electron chi connectivity index (χ0n) is 12.2.